The van der Waals surface area contributed by atoms with Crippen molar-refractivity contribution in [2.45, 2.75) is 6.54 Å². The molecule has 2 rings (SSSR count). The SMILES string of the molecule is Nc1ccc(OCC(=O)NCc2nccs2)cc1. The number of rotatable bonds is 5. The third-order valence-corrected chi connectivity index (χ3v) is 2.95. The van der Waals surface area contributed by atoms with Crippen LogP contribution in [0.3, 0.4) is 0 Å². The number of aromatic nitrogens is 1. The quantitative estimate of drug-likeness (QED) is 0.800. The Balaban J connectivity index is 1.73. The van der Waals surface area contributed by atoms with E-state index < -0.39 is 0 Å². The molecular formula is C12H13N3O2S. The minimum atomic E-state index is -0.179. The van der Waals surface area contributed by atoms with E-state index in [1.54, 1.807) is 30.5 Å². The Labute approximate surface area is 109 Å². The van der Waals surface area contributed by atoms with Crippen molar-refractivity contribution in [3.05, 3.63) is 40.8 Å². The molecule has 0 saturated carbocycles. The second-order valence-corrected chi connectivity index (χ2v) is 4.54. The number of thiazole rings is 1. The molecule has 18 heavy (non-hydrogen) atoms. The lowest BCUT2D eigenvalue weighted by atomic mass is 10.3. The number of anilines is 1. The van der Waals surface area contributed by atoms with Gasteiger partial charge in [0.1, 0.15) is 10.8 Å². The lowest BCUT2D eigenvalue weighted by molar-refractivity contribution is -0.123. The summed E-state index contributed by atoms with van der Waals surface area (Å²) in [5.41, 5.74) is 6.21. The fourth-order valence-electron chi connectivity index (χ4n) is 1.28. The van der Waals surface area contributed by atoms with E-state index >= 15 is 0 Å². The van der Waals surface area contributed by atoms with Crippen molar-refractivity contribution >= 4 is 22.9 Å². The molecule has 6 heteroatoms. The highest BCUT2D eigenvalue weighted by molar-refractivity contribution is 7.09. The lowest BCUT2D eigenvalue weighted by Crippen LogP contribution is -2.28. The molecule has 0 radical (unpaired) electrons. The number of carbonyl (C=O) groups excluding carboxylic acids is 1. The maximum absolute atomic E-state index is 11.5. The number of hydrogen-bond donors (Lipinski definition) is 2. The summed E-state index contributed by atoms with van der Waals surface area (Å²) in [6, 6.07) is 6.90. The van der Waals surface area contributed by atoms with Crippen molar-refractivity contribution in [1.82, 2.24) is 10.3 Å². The smallest absolute Gasteiger partial charge is 0.258 e. The van der Waals surface area contributed by atoms with Crippen LogP contribution < -0.4 is 15.8 Å². The van der Waals surface area contributed by atoms with Crippen LogP contribution in [0, 0.1) is 0 Å². The number of nitrogens with zero attached hydrogens (tertiary/aromatic N) is 1. The first kappa shape index (κ1) is 12.4. The van der Waals surface area contributed by atoms with E-state index in [9.17, 15) is 4.79 Å². The van der Waals surface area contributed by atoms with Crippen molar-refractivity contribution in [1.29, 1.82) is 0 Å². The van der Waals surface area contributed by atoms with Crippen molar-refractivity contribution in [3.8, 4) is 5.75 Å². The van der Waals surface area contributed by atoms with Crippen LogP contribution in [-0.4, -0.2) is 17.5 Å². The van der Waals surface area contributed by atoms with E-state index in [-0.39, 0.29) is 12.5 Å². The Hall–Kier alpha value is -2.08. The first-order valence-electron chi connectivity index (χ1n) is 5.37. The lowest BCUT2D eigenvalue weighted by Gasteiger charge is -2.06. The maximum Gasteiger partial charge on any atom is 0.258 e. The van der Waals surface area contributed by atoms with E-state index in [0.717, 1.165) is 5.01 Å². The van der Waals surface area contributed by atoms with Crippen LogP contribution in [0.2, 0.25) is 0 Å². The first-order valence-corrected chi connectivity index (χ1v) is 6.25. The van der Waals surface area contributed by atoms with Crippen LogP contribution in [-0.2, 0) is 11.3 Å². The van der Waals surface area contributed by atoms with E-state index in [0.29, 0.717) is 18.0 Å². The predicted octanol–water partition coefficient (Wildman–Crippen LogP) is 1.42. The summed E-state index contributed by atoms with van der Waals surface area (Å²) in [5, 5.41) is 5.46. The van der Waals surface area contributed by atoms with Gasteiger partial charge in [0.2, 0.25) is 0 Å². The number of nitrogen functional groups attached to an aromatic ring is 1. The van der Waals surface area contributed by atoms with Crippen LogP contribution in [0.1, 0.15) is 5.01 Å². The fourth-order valence-corrected chi connectivity index (χ4v) is 1.83. The van der Waals surface area contributed by atoms with Crippen molar-refractivity contribution < 1.29 is 9.53 Å². The highest BCUT2D eigenvalue weighted by atomic mass is 32.1. The molecule has 0 aliphatic rings. The number of nitrogens with two attached hydrogens (primary N) is 1. The molecule has 0 aliphatic heterocycles. The summed E-state index contributed by atoms with van der Waals surface area (Å²) in [7, 11) is 0. The van der Waals surface area contributed by atoms with Gasteiger partial charge in [-0.05, 0) is 24.3 Å². The number of amides is 1. The van der Waals surface area contributed by atoms with Crippen molar-refractivity contribution in [2.75, 3.05) is 12.3 Å². The minimum absolute atomic E-state index is 0.0186. The highest BCUT2D eigenvalue weighted by Crippen LogP contribution is 2.12. The number of benzene rings is 1. The zero-order valence-corrected chi connectivity index (χ0v) is 10.4. The molecule has 0 atom stereocenters. The van der Waals surface area contributed by atoms with Gasteiger partial charge < -0.3 is 15.8 Å². The molecule has 94 valence electrons. The third kappa shape index (κ3) is 3.74. The zero-order chi connectivity index (χ0) is 12.8. The van der Waals surface area contributed by atoms with E-state index in [1.165, 1.54) is 11.3 Å². The van der Waals surface area contributed by atoms with Gasteiger partial charge in [-0.1, -0.05) is 0 Å². The highest BCUT2D eigenvalue weighted by Gasteiger charge is 2.03. The molecule has 0 saturated heterocycles. The normalized spacial score (nSPS) is 10.0. The Morgan fingerprint density at radius 3 is 2.83 bits per heavy atom. The summed E-state index contributed by atoms with van der Waals surface area (Å²) in [4.78, 5) is 15.6. The molecule has 0 unspecified atom stereocenters. The summed E-state index contributed by atoms with van der Waals surface area (Å²) >= 11 is 1.50. The van der Waals surface area contributed by atoms with Gasteiger partial charge in [-0.3, -0.25) is 4.79 Å². The summed E-state index contributed by atoms with van der Waals surface area (Å²) < 4.78 is 5.31. The molecule has 0 aliphatic carbocycles. The number of hydrogen-bond acceptors (Lipinski definition) is 5. The number of carbonyl (C=O) groups is 1. The first-order chi connectivity index (χ1) is 8.74. The number of nitrogens with one attached hydrogen (secondary N) is 1. The largest absolute Gasteiger partial charge is 0.484 e. The standard InChI is InChI=1S/C12H13N3O2S/c13-9-1-3-10(4-2-9)17-8-11(16)15-7-12-14-5-6-18-12/h1-6H,7-8,13H2,(H,15,16). The molecule has 0 bridgehead atoms. The van der Waals surface area contributed by atoms with Gasteiger partial charge in [0.15, 0.2) is 6.61 Å². The Bertz CT molecular complexity index is 497. The van der Waals surface area contributed by atoms with Crippen LogP contribution in [0.15, 0.2) is 35.8 Å². The Morgan fingerprint density at radius 1 is 1.39 bits per heavy atom. The molecule has 5 nitrogen and oxygen atoms in total. The van der Waals surface area contributed by atoms with Crippen LogP contribution >= 0.6 is 11.3 Å². The summed E-state index contributed by atoms with van der Waals surface area (Å²) in [5.74, 6) is 0.440. The Morgan fingerprint density at radius 2 is 2.17 bits per heavy atom. The van der Waals surface area contributed by atoms with Crippen molar-refractivity contribution in [2.24, 2.45) is 0 Å². The number of ether oxygens (including phenoxy) is 1. The van der Waals surface area contributed by atoms with Gasteiger partial charge in [0, 0.05) is 17.3 Å². The van der Waals surface area contributed by atoms with Gasteiger partial charge in [-0.25, -0.2) is 4.98 Å². The molecule has 0 spiro atoms. The van der Waals surface area contributed by atoms with Crippen LogP contribution in [0.25, 0.3) is 0 Å². The monoisotopic (exact) mass is 263 g/mol. The molecule has 1 aromatic heterocycles. The predicted molar refractivity (Wildman–Crippen MR) is 70.3 cm³/mol. The average Bonchev–Trinajstić information content (AvgIpc) is 2.89. The van der Waals surface area contributed by atoms with Gasteiger partial charge in [-0.15, -0.1) is 11.3 Å². The maximum atomic E-state index is 11.5. The van der Waals surface area contributed by atoms with Crippen molar-refractivity contribution in [3.63, 3.8) is 0 Å². The topological polar surface area (TPSA) is 77.2 Å². The second-order valence-electron chi connectivity index (χ2n) is 3.56. The summed E-state index contributed by atoms with van der Waals surface area (Å²) in [6.45, 7) is 0.414. The fraction of sp³-hybridized carbons (Fsp3) is 0.167. The minimum Gasteiger partial charge on any atom is -0.484 e. The Kier molecular flexibility index (Phi) is 4.14. The van der Waals surface area contributed by atoms with Crippen LogP contribution in [0.5, 0.6) is 5.75 Å². The molecule has 2 aromatic rings. The van der Waals surface area contributed by atoms with Gasteiger partial charge in [-0.2, -0.15) is 0 Å². The molecule has 1 heterocycles. The average molecular weight is 263 g/mol. The molecule has 1 aromatic carbocycles. The molecule has 3 N–H and O–H groups in total. The summed E-state index contributed by atoms with van der Waals surface area (Å²) in [6.07, 6.45) is 1.71. The van der Waals surface area contributed by atoms with Gasteiger partial charge in [0.05, 0.1) is 6.54 Å². The third-order valence-electron chi connectivity index (χ3n) is 2.17. The molecule has 1 amide bonds. The van der Waals surface area contributed by atoms with E-state index in [4.69, 9.17) is 10.5 Å². The van der Waals surface area contributed by atoms with E-state index in [2.05, 4.69) is 10.3 Å². The zero-order valence-electron chi connectivity index (χ0n) is 9.63. The molecule has 0 fully saturated rings. The van der Waals surface area contributed by atoms with Gasteiger partial charge in [0.25, 0.3) is 5.91 Å². The van der Waals surface area contributed by atoms with Gasteiger partial charge >= 0.3 is 0 Å². The molecular weight excluding hydrogens is 250 g/mol. The second kappa shape index (κ2) is 6.02. The van der Waals surface area contributed by atoms with Crippen LogP contribution in [0.4, 0.5) is 5.69 Å². The van der Waals surface area contributed by atoms with E-state index in [1.807, 2.05) is 5.38 Å².